The maximum absolute atomic E-state index is 14.1. The van der Waals surface area contributed by atoms with Gasteiger partial charge >= 0.3 is 0 Å². The van der Waals surface area contributed by atoms with Gasteiger partial charge in [0.2, 0.25) is 0 Å². The van der Waals surface area contributed by atoms with Gasteiger partial charge in [0.25, 0.3) is 11.8 Å². The van der Waals surface area contributed by atoms with Gasteiger partial charge in [-0.1, -0.05) is 44.2 Å². The molecule has 0 aliphatic rings. The summed E-state index contributed by atoms with van der Waals surface area (Å²) in [4.78, 5) is 26.7. The van der Waals surface area contributed by atoms with E-state index in [0.29, 0.717) is 45.1 Å². The van der Waals surface area contributed by atoms with Crippen molar-refractivity contribution in [1.82, 2.24) is 14.9 Å². The van der Waals surface area contributed by atoms with E-state index in [1.54, 1.807) is 61.7 Å². The molecule has 0 unspecified atom stereocenters. The summed E-state index contributed by atoms with van der Waals surface area (Å²) in [5.41, 5.74) is 3.59. The summed E-state index contributed by atoms with van der Waals surface area (Å²) in [6.07, 6.45) is 0. The van der Waals surface area contributed by atoms with Gasteiger partial charge in [-0.2, -0.15) is 0 Å². The Labute approximate surface area is 216 Å². The third-order valence-electron chi connectivity index (χ3n) is 6.41. The second kappa shape index (κ2) is 11.8. The number of halogens is 1. The van der Waals surface area contributed by atoms with Crippen LogP contribution < -0.4 is 15.0 Å². The molecular formula is C29H32FN5O2. The van der Waals surface area contributed by atoms with Gasteiger partial charge in [0.15, 0.2) is 5.82 Å². The molecule has 1 N–H and O–H groups in total. The van der Waals surface area contributed by atoms with Crippen molar-refractivity contribution in [2.24, 2.45) is 0 Å². The van der Waals surface area contributed by atoms with Crippen LogP contribution in [-0.4, -0.2) is 61.1 Å². The molecule has 0 aliphatic heterocycles. The number of likely N-dealkylation sites (N-methyl/N-ethyl adjacent to an activating group) is 2. The predicted octanol–water partition coefficient (Wildman–Crippen LogP) is 5.47. The van der Waals surface area contributed by atoms with Gasteiger partial charge in [0.1, 0.15) is 5.82 Å². The summed E-state index contributed by atoms with van der Waals surface area (Å²) >= 11 is 0. The maximum Gasteiger partial charge on any atom is 0.257 e. The first-order valence-electron chi connectivity index (χ1n) is 12.4. The van der Waals surface area contributed by atoms with Crippen LogP contribution in [0.3, 0.4) is 0 Å². The highest BCUT2D eigenvalue weighted by Gasteiger charge is 2.16. The molecule has 0 saturated carbocycles. The zero-order valence-electron chi connectivity index (χ0n) is 21.7. The molecule has 192 valence electrons. The van der Waals surface area contributed by atoms with Crippen molar-refractivity contribution in [3.8, 4) is 17.0 Å². The monoisotopic (exact) mass is 501 g/mol. The summed E-state index contributed by atoms with van der Waals surface area (Å²) in [5.74, 6) is 0.536. The van der Waals surface area contributed by atoms with E-state index in [4.69, 9.17) is 9.72 Å². The Balaban J connectivity index is 1.50. The average molecular weight is 502 g/mol. The van der Waals surface area contributed by atoms with Crippen molar-refractivity contribution in [2.45, 2.75) is 13.8 Å². The molecule has 0 bridgehead atoms. The second-order valence-electron chi connectivity index (χ2n) is 8.72. The summed E-state index contributed by atoms with van der Waals surface area (Å²) < 4.78 is 19.6. The van der Waals surface area contributed by atoms with Crippen molar-refractivity contribution in [3.05, 3.63) is 78.1 Å². The van der Waals surface area contributed by atoms with Crippen LogP contribution in [0.5, 0.6) is 5.88 Å². The van der Waals surface area contributed by atoms with Crippen molar-refractivity contribution in [3.63, 3.8) is 0 Å². The summed E-state index contributed by atoms with van der Waals surface area (Å²) in [7, 11) is 3.56. The van der Waals surface area contributed by atoms with Crippen LogP contribution in [0.15, 0.2) is 66.7 Å². The van der Waals surface area contributed by atoms with Gasteiger partial charge in [-0.15, -0.1) is 0 Å². The highest BCUT2D eigenvalue weighted by atomic mass is 19.1. The van der Waals surface area contributed by atoms with Crippen LogP contribution >= 0.6 is 0 Å². The molecule has 0 fully saturated rings. The number of ether oxygens (including phenoxy) is 1. The molecule has 1 amide bonds. The minimum Gasteiger partial charge on any atom is -0.478 e. The number of carbonyl (C=O) groups is 1. The van der Waals surface area contributed by atoms with Crippen molar-refractivity contribution >= 4 is 28.4 Å². The molecule has 7 nitrogen and oxygen atoms in total. The van der Waals surface area contributed by atoms with Crippen LogP contribution in [-0.2, 0) is 0 Å². The van der Waals surface area contributed by atoms with Gasteiger partial charge in [0.05, 0.1) is 18.1 Å². The van der Waals surface area contributed by atoms with Crippen LogP contribution in [0.4, 0.5) is 15.9 Å². The van der Waals surface area contributed by atoms with E-state index in [2.05, 4.69) is 29.0 Å². The molecule has 37 heavy (non-hydrogen) atoms. The average Bonchev–Trinajstić information content (AvgIpc) is 2.93. The largest absolute Gasteiger partial charge is 0.478 e. The Morgan fingerprint density at radius 1 is 0.946 bits per heavy atom. The highest BCUT2D eigenvalue weighted by Crippen LogP contribution is 2.28. The quantitative estimate of drug-likeness (QED) is 0.311. The number of anilines is 2. The summed E-state index contributed by atoms with van der Waals surface area (Å²) in [5, 5.41) is 2.90. The highest BCUT2D eigenvalue weighted by molar-refractivity contribution is 6.05. The third-order valence-corrected chi connectivity index (χ3v) is 6.41. The first kappa shape index (κ1) is 26.0. The summed E-state index contributed by atoms with van der Waals surface area (Å²) in [6.45, 7) is 8.00. The molecule has 8 heteroatoms. The summed E-state index contributed by atoms with van der Waals surface area (Å²) in [6, 6.07) is 18.8. The Hall–Kier alpha value is -4.04. The number of hydrogen-bond acceptors (Lipinski definition) is 6. The van der Waals surface area contributed by atoms with E-state index >= 15 is 0 Å². The minimum atomic E-state index is -0.300. The standard InChI is InChI=1S/C29H32FN5O2/c1-5-35(6-2)18-17-34(3)27-29(37-4)33-26-19-22(15-16-25(26)32-27)31-28(36)21-13-11-20(12-14-21)23-9-7-8-10-24(23)30/h7-16,19H,5-6,17-18H2,1-4H3,(H,31,36). The van der Waals surface area contributed by atoms with Crippen molar-refractivity contribution < 1.29 is 13.9 Å². The lowest BCUT2D eigenvalue weighted by molar-refractivity contribution is 0.102. The van der Waals surface area contributed by atoms with Crippen molar-refractivity contribution in [1.29, 1.82) is 0 Å². The second-order valence-corrected chi connectivity index (χ2v) is 8.72. The fourth-order valence-electron chi connectivity index (χ4n) is 4.13. The maximum atomic E-state index is 14.1. The van der Waals surface area contributed by atoms with Gasteiger partial charge < -0.3 is 19.9 Å². The predicted molar refractivity (Wildman–Crippen MR) is 147 cm³/mol. The molecule has 1 heterocycles. The smallest absolute Gasteiger partial charge is 0.257 e. The number of rotatable bonds is 10. The van der Waals surface area contributed by atoms with Gasteiger partial charge in [-0.25, -0.2) is 14.4 Å². The van der Waals surface area contributed by atoms with E-state index in [1.807, 2.05) is 18.0 Å². The van der Waals surface area contributed by atoms with E-state index in [0.717, 1.165) is 26.2 Å². The third kappa shape index (κ3) is 6.03. The van der Waals surface area contributed by atoms with Crippen LogP contribution in [0.1, 0.15) is 24.2 Å². The Kier molecular flexibility index (Phi) is 8.30. The first-order valence-corrected chi connectivity index (χ1v) is 12.4. The number of hydrogen-bond donors (Lipinski definition) is 1. The van der Waals surface area contributed by atoms with Crippen LogP contribution in [0.25, 0.3) is 22.2 Å². The van der Waals surface area contributed by atoms with E-state index < -0.39 is 0 Å². The normalized spacial score (nSPS) is 11.1. The lowest BCUT2D eigenvalue weighted by Crippen LogP contribution is -2.33. The molecule has 0 atom stereocenters. The fourth-order valence-corrected chi connectivity index (χ4v) is 4.13. The van der Waals surface area contributed by atoms with E-state index in [-0.39, 0.29) is 11.7 Å². The number of benzene rings is 3. The molecule has 0 saturated heterocycles. The SMILES string of the molecule is CCN(CC)CCN(C)c1nc2ccc(NC(=O)c3ccc(-c4ccccc4F)cc3)cc2nc1OC. The van der Waals surface area contributed by atoms with Gasteiger partial charge in [-0.3, -0.25) is 4.79 Å². The number of aromatic nitrogens is 2. The van der Waals surface area contributed by atoms with Crippen molar-refractivity contribution in [2.75, 3.05) is 50.6 Å². The number of carbonyl (C=O) groups excluding carboxylic acids is 1. The molecule has 1 aromatic heterocycles. The van der Waals surface area contributed by atoms with Crippen LogP contribution in [0, 0.1) is 5.82 Å². The lowest BCUT2D eigenvalue weighted by Gasteiger charge is -2.24. The molecular weight excluding hydrogens is 469 g/mol. The molecule has 4 aromatic rings. The van der Waals surface area contributed by atoms with Gasteiger partial charge in [0, 0.05) is 37.0 Å². The number of nitrogens with zero attached hydrogens (tertiary/aromatic N) is 4. The van der Waals surface area contributed by atoms with Gasteiger partial charge in [-0.05, 0) is 55.1 Å². The molecule has 4 rings (SSSR count). The lowest BCUT2D eigenvalue weighted by atomic mass is 10.0. The Bertz CT molecular complexity index is 1370. The first-order chi connectivity index (χ1) is 17.9. The molecule has 3 aromatic carbocycles. The zero-order valence-corrected chi connectivity index (χ0v) is 21.7. The minimum absolute atomic E-state index is 0.271. The number of fused-ring (bicyclic) bond motifs is 1. The Morgan fingerprint density at radius 3 is 2.35 bits per heavy atom. The molecule has 0 aliphatic carbocycles. The molecule has 0 radical (unpaired) electrons. The molecule has 0 spiro atoms. The van der Waals surface area contributed by atoms with Crippen LogP contribution in [0.2, 0.25) is 0 Å². The van der Waals surface area contributed by atoms with E-state index in [9.17, 15) is 9.18 Å². The topological polar surface area (TPSA) is 70.6 Å². The van der Waals surface area contributed by atoms with E-state index in [1.165, 1.54) is 6.07 Å². The fraction of sp³-hybridized carbons (Fsp3) is 0.276. The number of nitrogens with one attached hydrogen (secondary N) is 1. The number of amides is 1. The Morgan fingerprint density at radius 2 is 1.68 bits per heavy atom. The zero-order chi connectivity index (χ0) is 26.4. The number of methoxy groups -OCH3 is 1.